The number of hydrogen-bond donors (Lipinski definition) is 2. The van der Waals surface area contributed by atoms with Crippen LogP contribution in [0.15, 0.2) is 54.6 Å². The molecule has 3 atom stereocenters. The lowest BCUT2D eigenvalue weighted by Crippen LogP contribution is -2.55. The molecule has 2 N–H and O–H groups in total. The van der Waals surface area contributed by atoms with Gasteiger partial charge in [-0.3, -0.25) is 9.59 Å². The monoisotopic (exact) mass is 553 g/mol. The molecule has 0 spiro atoms. The van der Waals surface area contributed by atoms with E-state index in [9.17, 15) is 14.4 Å². The van der Waals surface area contributed by atoms with Gasteiger partial charge in [-0.15, -0.1) is 0 Å². The van der Waals surface area contributed by atoms with Crippen LogP contribution < -0.4 is 15.4 Å². The number of methoxy groups -OCH3 is 1. The Morgan fingerprint density at radius 1 is 0.925 bits per heavy atom. The van der Waals surface area contributed by atoms with E-state index < -0.39 is 23.8 Å². The van der Waals surface area contributed by atoms with E-state index in [2.05, 4.69) is 17.6 Å². The Hall–Kier alpha value is -3.55. The third-order valence-corrected chi connectivity index (χ3v) is 6.72. The molecule has 8 nitrogen and oxygen atoms in total. The summed E-state index contributed by atoms with van der Waals surface area (Å²) in [4.78, 5) is 42.7. The smallest absolute Gasteiger partial charge is 0.408 e. The fourth-order valence-corrected chi connectivity index (χ4v) is 4.36. The van der Waals surface area contributed by atoms with Crippen molar-refractivity contribution in [2.45, 2.75) is 91.3 Å². The van der Waals surface area contributed by atoms with Crippen molar-refractivity contribution >= 4 is 23.6 Å². The Morgan fingerprint density at radius 3 is 2.12 bits per heavy atom. The van der Waals surface area contributed by atoms with Gasteiger partial charge in [0.2, 0.25) is 5.91 Å². The second-order valence-electron chi connectivity index (χ2n) is 11.1. The van der Waals surface area contributed by atoms with E-state index >= 15 is 0 Å². The van der Waals surface area contributed by atoms with Crippen LogP contribution in [0.4, 0.5) is 10.5 Å². The molecule has 0 aliphatic rings. The zero-order valence-electron chi connectivity index (χ0n) is 25.2. The Kier molecular flexibility index (Phi) is 13.0. The fourth-order valence-electron chi connectivity index (χ4n) is 4.36. The molecule has 0 fully saturated rings. The van der Waals surface area contributed by atoms with E-state index in [0.717, 1.165) is 25.7 Å². The molecule has 3 amide bonds. The molecule has 0 saturated carbocycles. The predicted octanol–water partition coefficient (Wildman–Crippen LogP) is 6.72. The maximum atomic E-state index is 14.3. The van der Waals surface area contributed by atoms with Crippen LogP contribution in [-0.4, -0.2) is 48.1 Å². The normalized spacial score (nSPS) is 13.5. The quantitative estimate of drug-likeness (QED) is 0.253. The second-order valence-corrected chi connectivity index (χ2v) is 11.1. The highest BCUT2D eigenvalue weighted by molar-refractivity contribution is 5.99. The first-order chi connectivity index (χ1) is 19.0. The zero-order valence-corrected chi connectivity index (χ0v) is 25.2. The fraction of sp³-hybridized carbons (Fsp3) is 0.531. The lowest BCUT2D eigenvalue weighted by molar-refractivity contribution is -0.142. The summed E-state index contributed by atoms with van der Waals surface area (Å²) in [5.41, 5.74) is 0.575. The van der Waals surface area contributed by atoms with Crippen molar-refractivity contribution in [3.63, 3.8) is 0 Å². The van der Waals surface area contributed by atoms with Gasteiger partial charge in [0.15, 0.2) is 0 Å². The van der Waals surface area contributed by atoms with E-state index in [0.29, 0.717) is 30.0 Å². The van der Waals surface area contributed by atoms with Crippen LogP contribution in [0.1, 0.15) is 85.3 Å². The van der Waals surface area contributed by atoms with Gasteiger partial charge in [0, 0.05) is 12.2 Å². The van der Waals surface area contributed by atoms with Gasteiger partial charge in [0.1, 0.15) is 23.4 Å². The van der Waals surface area contributed by atoms with Crippen LogP contribution >= 0.6 is 0 Å². The molecule has 2 aromatic rings. The summed E-state index contributed by atoms with van der Waals surface area (Å²) in [7, 11) is 1.58. The summed E-state index contributed by atoms with van der Waals surface area (Å²) in [6.45, 7) is 11.7. The topological polar surface area (TPSA) is 97.0 Å². The van der Waals surface area contributed by atoms with Crippen LogP contribution in [-0.2, 0) is 14.3 Å². The molecular weight excluding hydrogens is 506 g/mol. The van der Waals surface area contributed by atoms with E-state index in [4.69, 9.17) is 9.47 Å². The van der Waals surface area contributed by atoms with Crippen LogP contribution in [0, 0.1) is 5.92 Å². The van der Waals surface area contributed by atoms with Gasteiger partial charge in [-0.25, -0.2) is 4.79 Å². The Balaban J connectivity index is 2.49. The number of benzene rings is 2. The third-order valence-electron chi connectivity index (χ3n) is 6.72. The Labute approximate surface area is 239 Å². The number of carbonyl (C=O) groups excluding carboxylic acids is 3. The van der Waals surface area contributed by atoms with Crippen molar-refractivity contribution in [2.75, 3.05) is 19.0 Å². The molecule has 0 saturated heterocycles. The van der Waals surface area contributed by atoms with E-state index in [1.807, 2.05) is 44.2 Å². The molecule has 0 heterocycles. The highest BCUT2D eigenvalue weighted by Crippen LogP contribution is 2.27. The minimum atomic E-state index is -0.899. The van der Waals surface area contributed by atoms with Gasteiger partial charge >= 0.3 is 6.09 Å². The molecule has 0 radical (unpaired) electrons. The molecular formula is C32H47N3O5. The van der Waals surface area contributed by atoms with Crippen molar-refractivity contribution in [2.24, 2.45) is 5.92 Å². The van der Waals surface area contributed by atoms with Crippen LogP contribution in [0.2, 0.25) is 0 Å². The molecule has 2 rings (SSSR count). The van der Waals surface area contributed by atoms with Gasteiger partial charge < -0.3 is 25.0 Å². The molecule has 0 aromatic heterocycles. The van der Waals surface area contributed by atoms with Crippen molar-refractivity contribution < 1.29 is 23.9 Å². The molecule has 2 aromatic carbocycles. The third kappa shape index (κ3) is 10.2. The van der Waals surface area contributed by atoms with Gasteiger partial charge in [-0.2, -0.15) is 0 Å². The Bertz CT molecular complexity index is 1070. The Morgan fingerprint density at radius 2 is 1.57 bits per heavy atom. The van der Waals surface area contributed by atoms with Crippen LogP contribution in [0.25, 0.3) is 0 Å². The summed E-state index contributed by atoms with van der Waals surface area (Å²) in [5.74, 6) is -0.148. The molecule has 0 bridgehead atoms. The van der Waals surface area contributed by atoms with Crippen molar-refractivity contribution in [1.29, 1.82) is 0 Å². The minimum Gasteiger partial charge on any atom is -0.497 e. The molecule has 0 aliphatic heterocycles. The average Bonchev–Trinajstić information content (AvgIpc) is 2.92. The second kappa shape index (κ2) is 15.9. The van der Waals surface area contributed by atoms with E-state index in [1.54, 1.807) is 57.0 Å². The first-order valence-corrected chi connectivity index (χ1v) is 14.3. The first kappa shape index (κ1) is 32.7. The van der Waals surface area contributed by atoms with E-state index in [-0.39, 0.29) is 17.7 Å². The summed E-state index contributed by atoms with van der Waals surface area (Å²) in [5, 5.41) is 5.80. The zero-order chi connectivity index (χ0) is 29.7. The number of amides is 3. The molecule has 40 heavy (non-hydrogen) atoms. The lowest BCUT2D eigenvalue weighted by atomic mass is 9.95. The number of carbonyl (C=O) groups is 3. The lowest BCUT2D eigenvalue weighted by Gasteiger charge is -2.36. The average molecular weight is 554 g/mol. The van der Waals surface area contributed by atoms with Gasteiger partial charge in [-0.05, 0) is 62.9 Å². The number of rotatable bonds is 14. The number of ether oxygens (including phenoxy) is 2. The number of alkyl carbamates (subject to hydrolysis) is 1. The minimum absolute atomic E-state index is 0.181. The number of hydrogen-bond acceptors (Lipinski definition) is 5. The highest BCUT2D eigenvalue weighted by atomic mass is 16.6. The number of unbranched alkanes of at least 4 members (excludes halogenated alkanes) is 3. The SMILES string of the molecule is CCCCCCN(C(=O)C(NC(=O)OC(C)(C)C)C(C)CC)C(C(=O)Nc1ccc(OC)cc1)c1ccccc1. The van der Waals surface area contributed by atoms with Gasteiger partial charge in [0.05, 0.1) is 7.11 Å². The van der Waals surface area contributed by atoms with Gasteiger partial charge in [0.25, 0.3) is 5.91 Å². The van der Waals surface area contributed by atoms with Crippen LogP contribution in [0.3, 0.4) is 0 Å². The van der Waals surface area contributed by atoms with Crippen molar-refractivity contribution in [1.82, 2.24) is 10.2 Å². The standard InChI is InChI=1S/C32H47N3O5/c1-8-10-11-15-22-35(30(37)27(23(3)9-2)34-31(38)40-32(4,5)6)28(24-16-13-12-14-17-24)29(36)33-25-18-20-26(39-7)21-19-25/h12-14,16-21,23,27-28H,8-11,15,22H2,1-7H3,(H,33,36)(H,34,38). The van der Waals surface area contributed by atoms with E-state index in [1.165, 1.54) is 0 Å². The first-order valence-electron chi connectivity index (χ1n) is 14.3. The van der Waals surface area contributed by atoms with Crippen molar-refractivity contribution in [3.8, 4) is 5.75 Å². The molecule has 0 aliphatic carbocycles. The molecule has 220 valence electrons. The number of nitrogens with zero attached hydrogens (tertiary/aromatic N) is 1. The summed E-state index contributed by atoms with van der Waals surface area (Å²) in [6, 6.07) is 14.6. The summed E-state index contributed by atoms with van der Waals surface area (Å²) < 4.78 is 10.7. The number of nitrogens with one attached hydrogen (secondary N) is 2. The maximum Gasteiger partial charge on any atom is 0.408 e. The summed E-state index contributed by atoms with van der Waals surface area (Å²) in [6.07, 6.45) is 3.73. The summed E-state index contributed by atoms with van der Waals surface area (Å²) >= 11 is 0. The van der Waals surface area contributed by atoms with Crippen LogP contribution in [0.5, 0.6) is 5.75 Å². The van der Waals surface area contributed by atoms with Crippen molar-refractivity contribution in [3.05, 3.63) is 60.2 Å². The highest BCUT2D eigenvalue weighted by Gasteiger charge is 2.38. The maximum absolute atomic E-state index is 14.3. The molecule has 8 heteroatoms. The number of anilines is 1. The molecule has 3 unspecified atom stereocenters. The van der Waals surface area contributed by atoms with Gasteiger partial charge in [-0.1, -0.05) is 76.8 Å². The largest absolute Gasteiger partial charge is 0.497 e. The predicted molar refractivity (Wildman–Crippen MR) is 159 cm³/mol.